The Labute approximate surface area is 251 Å². The van der Waals surface area contributed by atoms with Crippen LogP contribution in [0.4, 0.5) is 0 Å². The first-order chi connectivity index (χ1) is 20.9. The zero-order valence-electron chi connectivity index (χ0n) is 24.3. The zero-order chi connectivity index (χ0) is 32.0. The van der Waals surface area contributed by atoms with Crippen LogP contribution in [-0.2, 0) is 42.9 Å². The van der Waals surface area contributed by atoms with Crippen LogP contribution in [0.15, 0.2) is 54.6 Å². The van der Waals surface area contributed by atoms with Crippen molar-refractivity contribution in [3.05, 3.63) is 65.9 Å². The number of benzene rings is 2. The number of aliphatic hydroxyl groups excluding tert-OH is 1. The molecule has 1 aromatic heterocycles. The molecule has 232 valence electrons. The number of aromatic hydroxyl groups is 1. The summed E-state index contributed by atoms with van der Waals surface area (Å²) in [7, 11) is 0. The largest absolute Gasteiger partial charge is 0.507 e. The molecule has 5 unspecified atom stereocenters. The number of phenols is 1. The quantitative estimate of drug-likeness (QED) is 0.205. The first-order valence-corrected chi connectivity index (χ1v) is 13.5. The molecule has 0 aliphatic carbocycles. The molecule has 3 aromatic rings. The number of nitrogens with zero attached hydrogens (tertiary/aromatic N) is 1. The predicted molar refractivity (Wildman–Crippen MR) is 153 cm³/mol. The Balaban J connectivity index is 1.63. The molecular weight excluding hydrogens is 578 g/mol. The number of hydrogen-bond donors (Lipinski definition) is 2. The molecule has 1 aliphatic rings. The third-order valence-corrected chi connectivity index (χ3v) is 6.35. The van der Waals surface area contributed by atoms with Crippen LogP contribution in [0.3, 0.4) is 0 Å². The lowest BCUT2D eigenvalue weighted by atomic mass is 9.98. The third kappa shape index (κ3) is 8.01. The highest BCUT2D eigenvalue weighted by Crippen LogP contribution is 2.34. The highest BCUT2D eigenvalue weighted by atomic mass is 16.7. The lowest BCUT2D eigenvalue weighted by Crippen LogP contribution is -2.63. The van der Waals surface area contributed by atoms with Crippen molar-refractivity contribution < 1.29 is 57.8 Å². The van der Waals surface area contributed by atoms with Gasteiger partial charge in [-0.05, 0) is 24.3 Å². The molecule has 44 heavy (non-hydrogen) atoms. The zero-order valence-corrected chi connectivity index (χ0v) is 24.3. The Morgan fingerprint density at radius 2 is 1.50 bits per heavy atom. The van der Waals surface area contributed by atoms with Gasteiger partial charge in [-0.1, -0.05) is 24.3 Å². The van der Waals surface area contributed by atoms with E-state index >= 15 is 0 Å². The van der Waals surface area contributed by atoms with Crippen LogP contribution in [0.2, 0.25) is 0 Å². The van der Waals surface area contributed by atoms with Crippen molar-refractivity contribution in [2.24, 2.45) is 0 Å². The molecule has 0 spiro atoms. The summed E-state index contributed by atoms with van der Waals surface area (Å²) in [6, 6.07) is 15.0. The first-order valence-electron chi connectivity index (χ1n) is 13.5. The van der Waals surface area contributed by atoms with Gasteiger partial charge in [0.25, 0.3) is 0 Å². The summed E-state index contributed by atoms with van der Waals surface area (Å²) in [5.41, 5.74) is 1.25. The van der Waals surface area contributed by atoms with Crippen molar-refractivity contribution >= 4 is 46.6 Å². The number of hydrogen-bond acceptors (Lipinski definition) is 13. The standard InChI is InChI=1S/C31H31NO12/c1-16(33)39-15-27-28(40-17(2)34)29(41-18(3)35)30(42-19(4)36)31(44-27)43-22-11-12-23(26(38)14-22)25(37)13-21-10-9-20-7-5-6-8-24(20)32-21/h5-14,27-31,37-38H,15H2,1-4H3/b25-13-. The van der Waals surface area contributed by atoms with Crippen molar-refractivity contribution in [3.63, 3.8) is 0 Å². The molecule has 2 N–H and O–H groups in total. The van der Waals surface area contributed by atoms with Gasteiger partial charge >= 0.3 is 23.9 Å². The van der Waals surface area contributed by atoms with Crippen LogP contribution in [0, 0.1) is 0 Å². The Hall–Kier alpha value is -5.17. The van der Waals surface area contributed by atoms with Crippen molar-refractivity contribution in [1.29, 1.82) is 0 Å². The molecule has 4 rings (SSSR count). The lowest BCUT2D eigenvalue weighted by molar-refractivity contribution is -0.288. The van der Waals surface area contributed by atoms with Gasteiger partial charge in [0.05, 0.1) is 16.8 Å². The molecule has 1 aliphatic heterocycles. The van der Waals surface area contributed by atoms with Crippen LogP contribution in [0.25, 0.3) is 22.7 Å². The van der Waals surface area contributed by atoms with E-state index in [-0.39, 0.29) is 22.8 Å². The summed E-state index contributed by atoms with van der Waals surface area (Å²) in [5, 5.41) is 22.4. The number of carbonyl (C=O) groups excluding carboxylic acids is 4. The van der Waals surface area contributed by atoms with E-state index in [1.807, 2.05) is 30.3 Å². The molecule has 0 amide bonds. The summed E-state index contributed by atoms with van der Waals surface area (Å²) >= 11 is 0. The van der Waals surface area contributed by atoms with Gasteiger partial charge < -0.3 is 38.6 Å². The number of esters is 4. The lowest BCUT2D eigenvalue weighted by Gasteiger charge is -2.43. The van der Waals surface area contributed by atoms with E-state index in [1.165, 1.54) is 24.3 Å². The van der Waals surface area contributed by atoms with E-state index in [0.717, 1.165) is 38.6 Å². The molecular formula is C31H31NO12. The molecule has 0 radical (unpaired) electrons. The minimum absolute atomic E-state index is 0.00350. The van der Waals surface area contributed by atoms with E-state index in [9.17, 15) is 29.4 Å². The maximum absolute atomic E-state index is 12.0. The number of aliphatic hydroxyl groups is 1. The second-order valence-electron chi connectivity index (χ2n) is 9.82. The molecule has 5 atom stereocenters. The molecule has 0 saturated carbocycles. The monoisotopic (exact) mass is 609 g/mol. The third-order valence-electron chi connectivity index (χ3n) is 6.35. The van der Waals surface area contributed by atoms with Crippen LogP contribution >= 0.6 is 0 Å². The van der Waals surface area contributed by atoms with Gasteiger partial charge in [0.15, 0.2) is 12.2 Å². The average molecular weight is 610 g/mol. The second-order valence-corrected chi connectivity index (χ2v) is 9.82. The maximum atomic E-state index is 12.0. The summed E-state index contributed by atoms with van der Waals surface area (Å²) < 4.78 is 33.0. The predicted octanol–water partition coefficient (Wildman–Crippen LogP) is 3.46. The number of carbonyl (C=O) groups is 4. The summed E-state index contributed by atoms with van der Waals surface area (Å²) in [6.45, 7) is 4.05. The Bertz CT molecular complexity index is 1580. The minimum atomic E-state index is -1.49. The number of rotatable bonds is 9. The fourth-order valence-electron chi connectivity index (χ4n) is 4.60. The Kier molecular flexibility index (Phi) is 10.0. The van der Waals surface area contributed by atoms with E-state index in [4.69, 9.17) is 28.4 Å². The van der Waals surface area contributed by atoms with Gasteiger partial charge in [-0.2, -0.15) is 0 Å². The molecule has 13 nitrogen and oxygen atoms in total. The van der Waals surface area contributed by atoms with Crippen molar-refractivity contribution in [2.75, 3.05) is 6.61 Å². The van der Waals surface area contributed by atoms with Crippen molar-refractivity contribution in [3.8, 4) is 11.5 Å². The first kappa shape index (κ1) is 31.8. The van der Waals surface area contributed by atoms with Crippen molar-refractivity contribution in [2.45, 2.75) is 58.4 Å². The van der Waals surface area contributed by atoms with Gasteiger partial charge in [-0.25, -0.2) is 4.98 Å². The van der Waals surface area contributed by atoms with E-state index in [1.54, 1.807) is 6.07 Å². The Morgan fingerprint density at radius 3 is 2.16 bits per heavy atom. The topological polar surface area (TPSA) is 177 Å². The number of phenolic OH excluding ortho intramolecular Hbond substituents is 1. The van der Waals surface area contributed by atoms with Gasteiger partial charge in [0.2, 0.25) is 12.4 Å². The number of aromatic nitrogens is 1. The SMILES string of the molecule is CC(=O)OCC1OC(Oc2ccc(/C(O)=C/c3ccc4ccccc4n3)c(O)c2)C(OC(C)=O)C(OC(C)=O)C1OC(C)=O. The Morgan fingerprint density at radius 1 is 0.841 bits per heavy atom. The van der Waals surface area contributed by atoms with E-state index in [0.29, 0.717) is 5.69 Å². The summed E-state index contributed by atoms with van der Waals surface area (Å²) in [4.78, 5) is 52.0. The van der Waals surface area contributed by atoms with Crippen molar-refractivity contribution in [1.82, 2.24) is 4.98 Å². The van der Waals surface area contributed by atoms with Crippen LogP contribution in [0.1, 0.15) is 39.0 Å². The number of fused-ring (bicyclic) bond motifs is 1. The van der Waals surface area contributed by atoms with Gasteiger partial charge in [-0.3, -0.25) is 19.2 Å². The second kappa shape index (κ2) is 13.9. The number of para-hydroxylation sites is 1. The molecule has 2 heterocycles. The van der Waals surface area contributed by atoms with Gasteiger partial charge in [0.1, 0.15) is 30.0 Å². The van der Waals surface area contributed by atoms with Crippen LogP contribution in [-0.4, -0.2) is 76.4 Å². The highest BCUT2D eigenvalue weighted by Gasteiger charge is 2.53. The molecule has 1 fully saturated rings. The van der Waals surface area contributed by atoms with Crippen LogP contribution in [0.5, 0.6) is 11.5 Å². The number of ether oxygens (including phenoxy) is 6. The maximum Gasteiger partial charge on any atom is 0.303 e. The minimum Gasteiger partial charge on any atom is -0.507 e. The van der Waals surface area contributed by atoms with E-state index < -0.39 is 61.2 Å². The van der Waals surface area contributed by atoms with E-state index in [2.05, 4.69) is 4.98 Å². The fourth-order valence-corrected chi connectivity index (χ4v) is 4.60. The molecule has 1 saturated heterocycles. The summed E-state index contributed by atoms with van der Waals surface area (Å²) in [5.74, 6) is -3.65. The smallest absolute Gasteiger partial charge is 0.303 e. The highest BCUT2D eigenvalue weighted by molar-refractivity contribution is 5.83. The summed E-state index contributed by atoms with van der Waals surface area (Å²) in [6.07, 6.45) is -5.54. The van der Waals surface area contributed by atoms with Gasteiger partial charge in [-0.15, -0.1) is 0 Å². The molecule has 13 heteroatoms. The average Bonchev–Trinajstić information content (AvgIpc) is 2.94. The fraction of sp³-hybridized carbons (Fsp3) is 0.323. The van der Waals surface area contributed by atoms with Crippen LogP contribution < -0.4 is 4.74 Å². The number of pyridine rings is 1. The normalized spacial score (nSPS) is 21.6. The molecule has 2 aromatic carbocycles. The molecule has 0 bridgehead atoms. The van der Waals surface area contributed by atoms with Gasteiger partial charge in [0, 0.05) is 45.2 Å².